The number of nitrogens with zero attached hydrogens (tertiary/aromatic N) is 3. The number of rotatable bonds is 4. The van der Waals surface area contributed by atoms with Gasteiger partial charge in [-0.15, -0.1) is 10.2 Å². The summed E-state index contributed by atoms with van der Waals surface area (Å²) in [6, 6.07) is 2.02. The van der Waals surface area contributed by atoms with Crippen LogP contribution in [0.1, 0.15) is 24.7 Å². The van der Waals surface area contributed by atoms with E-state index < -0.39 is 9.84 Å². The fraction of sp³-hybridized carbons (Fsp3) is 0.667. The first kappa shape index (κ1) is 12.4. The molecule has 0 bridgehead atoms. The lowest BCUT2D eigenvalue weighted by Gasteiger charge is -1.98. The third-order valence-electron chi connectivity index (χ3n) is 2.44. The molecule has 1 aliphatic rings. The monoisotopic (exact) mass is 273 g/mol. The molecule has 0 amide bonds. The summed E-state index contributed by atoms with van der Waals surface area (Å²) in [6.07, 6.45) is 0.965. The van der Waals surface area contributed by atoms with Gasteiger partial charge in [-0.3, -0.25) is 0 Å². The van der Waals surface area contributed by atoms with Crippen LogP contribution in [0.3, 0.4) is 0 Å². The minimum Gasteiger partial charge on any atom is -0.416 e. The molecular formula is C9H11N3O3S2. The Kier molecular flexibility index (Phi) is 3.69. The van der Waals surface area contributed by atoms with Gasteiger partial charge in [0.05, 0.1) is 23.5 Å². The van der Waals surface area contributed by atoms with E-state index in [1.165, 1.54) is 11.8 Å². The molecule has 1 saturated heterocycles. The van der Waals surface area contributed by atoms with E-state index in [9.17, 15) is 8.42 Å². The summed E-state index contributed by atoms with van der Waals surface area (Å²) in [4.78, 5) is 0. The standard InChI is InChI=1S/C9H11N3O3S2/c10-3-1-4-16-9-12-11-8(15-9)7-2-5-17(13,14)6-7/h7H,1-2,4-6H2/t7-/m1/s1. The van der Waals surface area contributed by atoms with Crippen LogP contribution in [0.4, 0.5) is 0 Å². The van der Waals surface area contributed by atoms with Crippen molar-refractivity contribution in [2.45, 2.75) is 24.0 Å². The Morgan fingerprint density at radius 1 is 1.53 bits per heavy atom. The van der Waals surface area contributed by atoms with Crippen molar-refractivity contribution in [2.75, 3.05) is 17.3 Å². The molecule has 8 heteroatoms. The SMILES string of the molecule is N#CCCSc1nnc([C@@H]2CCS(=O)(=O)C2)o1. The van der Waals surface area contributed by atoms with Crippen LogP contribution in [0, 0.1) is 11.3 Å². The Bertz CT molecular complexity index is 532. The molecule has 92 valence electrons. The maximum Gasteiger partial charge on any atom is 0.276 e. The van der Waals surface area contributed by atoms with Crippen molar-refractivity contribution in [3.63, 3.8) is 0 Å². The highest BCUT2D eigenvalue weighted by atomic mass is 32.2. The van der Waals surface area contributed by atoms with Gasteiger partial charge in [-0.2, -0.15) is 5.26 Å². The van der Waals surface area contributed by atoms with Gasteiger partial charge in [-0.05, 0) is 6.42 Å². The van der Waals surface area contributed by atoms with Gasteiger partial charge >= 0.3 is 0 Å². The van der Waals surface area contributed by atoms with Crippen molar-refractivity contribution < 1.29 is 12.8 Å². The van der Waals surface area contributed by atoms with Crippen molar-refractivity contribution in [2.24, 2.45) is 0 Å². The van der Waals surface area contributed by atoms with Crippen LogP contribution in [0.15, 0.2) is 9.64 Å². The Morgan fingerprint density at radius 2 is 2.35 bits per heavy atom. The molecule has 1 aliphatic heterocycles. The molecule has 0 radical (unpaired) electrons. The van der Waals surface area contributed by atoms with Crippen LogP contribution in [-0.4, -0.2) is 35.9 Å². The maximum absolute atomic E-state index is 11.3. The summed E-state index contributed by atoms with van der Waals surface area (Å²) in [7, 11) is -2.93. The average Bonchev–Trinajstić information content (AvgIpc) is 2.85. The van der Waals surface area contributed by atoms with Gasteiger partial charge in [-0.25, -0.2) is 8.42 Å². The van der Waals surface area contributed by atoms with E-state index >= 15 is 0 Å². The van der Waals surface area contributed by atoms with Crippen molar-refractivity contribution in [1.82, 2.24) is 10.2 Å². The minimum absolute atomic E-state index is 0.0947. The normalized spacial score (nSPS) is 22.4. The Labute approximate surface area is 103 Å². The van der Waals surface area contributed by atoms with Gasteiger partial charge in [0.2, 0.25) is 5.89 Å². The molecule has 2 heterocycles. The second-order valence-corrected chi connectivity index (χ2v) is 7.04. The number of nitriles is 1. The lowest BCUT2D eigenvalue weighted by Crippen LogP contribution is -2.03. The molecule has 1 aromatic heterocycles. The number of sulfone groups is 1. The first-order valence-corrected chi connectivity index (χ1v) is 7.95. The second-order valence-electron chi connectivity index (χ2n) is 3.76. The van der Waals surface area contributed by atoms with Gasteiger partial charge in [0.1, 0.15) is 0 Å². The van der Waals surface area contributed by atoms with Gasteiger partial charge in [-0.1, -0.05) is 11.8 Å². The average molecular weight is 273 g/mol. The summed E-state index contributed by atoms with van der Waals surface area (Å²) in [6.45, 7) is 0. The molecule has 0 saturated carbocycles. The van der Waals surface area contributed by atoms with Gasteiger partial charge in [0.15, 0.2) is 9.84 Å². The molecule has 1 fully saturated rings. The van der Waals surface area contributed by atoms with E-state index in [1.54, 1.807) is 0 Å². The summed E-state index contributed by atoms with van der Waals surface area (Å²) >= 11 is 1.31. The van der Waals surface area contributed by atoms with E-state index in [0.29, 0.717) is 29.7 Å². The number of hydrogen-bond acceptors (Lipinski definition) is 7. The zero-order valence-electron chi connectivity index (χ0n) is 9.00. The van der Waals surface area contributed by atoms with Crippen LogP contribution < -0.4 is 0 Å². The molecule has 6 nitrogen and oxygen atoms in total. The Morgan fingerprint density at radius 3 is 3.00 bits per heavy atom. The molecule has 17 heavy (non-hydrogen) atoms. The third kappa shape index (κ3) is 3.20. The van der Waals surface area contributed by atoms with Crippen molar-refractivity contribution in [3.8, 4) is 6.07 Å². The van der Waals surface area contributed by atoms with Gasteiger partial charge in [0, 0.05) is 12.2 Å². The summed E-state index contributed by atoms with van der Waals surface area (Å²) in [5.41, 5.74) is 0. The van der Waals surface area contributed by atoms with Crippen molar-refractivity contribution in [3.05, 3.63) is 5.89 Å². The Balaban J connectivity index is 1.97. The Hall–Kier alpha value is -1.07. The summed E-state index contributed by atoms with van der Waals surface area (Å²) in [5, 5.41) is 16.5. The first-order chi connectivity index (χ1) is 8.11. The predicted molar refractivity (Wildman–Crippen MR) is 61.3 cm³/mol. The highest BCUT2D eigenvalue weighted by Gasteiger charge is 2.32. The van der Waals surface area contributed by atoms with Crippen LogP contribution in [-0.2, 0) is 9.84 Å². The largest absolute Gasteiger partial charge is 0.416 e. The topological polar surface area (TPSA) is 96.9 Å². The van der Waals surface area contributed by atoms with E-state index in [0.717, 1.165) is 0 Å². The zero-order chi connectivity index (χ0) is 12.3. The fourth-order valence-electron chi connectivity index (χ4n) is 1.62. The van der Waals surface area contributed by atoms with Crippen LogP contribution in [0.25, 0.3) is 0 Å². The second kappa shape index (κ2) is 5.06. The molecule has 1 aromatic rings. The molecule has 1 atom stereocenters. The molecule has 2 rings (SSSR count). The third-order valence-corrected chi connectivity index (χ3v) is 5.03. The van der Waals surface area contributed by atoms with Crippen molar-refractivity contribution >= 4 is 21.6 Å². The van der Waals surface area contributed by atoms with E-state index in [1.807, 2.05) is 6.07 Å². The summed E-state index contributed by atoms with van der Waals surface area (Å²) < 4.78 is 28.0. The predicted octanol–water partition coefficient (Wildman–Crippen LogP) is 0.977. The van der Waals surface area contributed by atoms with Crippen LogP contribution in [0.2, 0.25) is 0 Å². The maximum atomic E-state index is 11.3. The molecule has 0 spiro atoms. The minimum atomic E-state index is -2.93. The quantitative estimate of drug-likeness (QED) is 0.595. The number of thioether (sulfide) groups is 1. The number of hydrogen-bond donors (Lipinski definition) is 0. The molecule has 0 aromatic carbocycles. The zero-order valence-corrected chi connectivity index (χ0v) is 10.6. The van der Waals surface area contributed by atoms with Crippen LogP contribution in [0.5, 0.6) is 0 Å². The highest BCUT2D eigenvalue weighted by Crippen LogP contribution is 2.29. The summed E-state index contributed by atoms with van der Waals surface area (Å²) in [5.74, 6) is 1.11. The smallest absolute Gasteiger partial charge is 0.276 e. The lowest BCUT2D eigenvalue weighted by atomic mass is 10.1. The fourth-order valence-corrected chi connectivity index (χ4v) is 3.96. The number of aromatic nitrogens is 2. The molecule has 0 aliphatic carbocycles. The molecule has 0 N–H and O–H groups in total. The van der Waals surface area contributed by atoms with Crippen molar-refractivity contribution in [1.29, 1.82) is 5.26 Å². The van der Waals surface area contributed by atoms with Crippen LogP contribution >= 0.6 is 11.8 Å². The van der Waals surface area contributed by atoms with E-state index in [-0.39, 0.29) is 17.4 Å². The first-order valence-electron chi connectivity index (χ1n) is 5.14. The van der Waals surface area contributed by atoms with Gasteiger partial charge in [0.25, 0.3) is 5.22 Å². The lowest BCUT2D eigenvalue weighted by molar-refractivity contribution is 0.393. The highest BCUT2D eigenvalue weighted by molar-refractivity contribution is 7.99. The van der Waals surface area contributed by atoms with E-state index in [4.69, 9.17) is 9.68 Å². The van der Waals surface area contributed by atoms with Gasteiger partial charge < -0.3 is 4.42 Å². The molecule has 0 unspecified atom stereocenters. The van der Waals surface area contributed by atoms with E-state index in [2.05, 4.69) is 10.2 Å². The molecular weight excluding hydrogens is 262 g/mol.